The molecule has 8 nitrogen and oxygen atoms in total. The van der Waals surface area contributed by atoms with E-state index in [9.17, 15) is 8.42 Å². The van der Waals surface area contributed by atoms with Gasteiger partial charge in [0.1, 0.15) is 5.75 Å². The summed E-state index contributed by atoms with van der Waals surface area (Å²) in [4.78, 5) is 6.67. The van der Waals surface area contributed by atoms with Crippen molar-refractivity contribution in [1.29, 1.82) is 0 Å². The molecule has 0 spiro atoms. The average molecular weight is 548 g/mol. The van der Waals surface area contributed by atoms with Crippen LogP contribution in [0.5, 0.6) is 5.75 Å². The third kappa shape index (κ3) is 4.84. The zero-order valence-electron chi connectivity index (χ0n) is 21.5. The molecule has 2 atom stereocenters. The van der Waals surface area contributed by atoms with Gasteiger partial charge in [-0.05, 0) is 80.2 Å². The third-order valence-electron chi connectivity index (χ3n) is 6.66. The van der Waals surface area contributed by atoms with Gasteiger partial charge in [0.15, 0.2) is 5.11 Å². The molecule has 3 heterocycles. The van der Waals surface area contributed by atoms with Crippen LogP contribution in [0, 0.1) is 13.8 Å². The first kappa shape index (κ1) is 25.7. The van der Waals surface area contributed by atoms with Gasteiger partial charge in [-0.3, -0.25) is 9.71 Å². The van der Waals surface area contributed by atoms with Gasteiger partial charge in [0.2, 0.25) is 10.0 Å². The predicted molar refractivity (Wildman–Crippen MR) is 155 cm³/mol. The van der Waals surface area contributed by atoms with Gasteiger partial charge < -0.3 is 19.5 Å². The highest BCUT2D eigenvalue weighted by Crippen LogP contribution is 2.45. The second kappa shape index (κ2) is 10.1. The topological polar surface area (TPSA) is 88.5 Å². The molecular formula is C28H29N5O3S2. The maximum atomic E-state index is 12.1. The first-order valence-corrected chi connectivity index (χ1v) is 14.4. The Balaban J connectivity index is 1.68. The van der Waals surface area contributed by atoms with Crippen LogP contribution in [0.15, 0.2) is 79.0 Å². The lowest BCUT2D eigenvalue weighted by molar-refractivity contribution is 0.417. The zero-order valence-corrected chi connectivity index (χ0v) is 23.2. The summed E-state index contributed by atoms with van der Waals surface area (Å²) in [6, 6.07) is 23.1. The minimum atomic E-state index is -3.53. The van der Waals surface area contributed by atoms with E-state index in [-0.39, 0.29) is 12.1 Å². The van der Waals surface area contributed by atoms with Gasteiger partial charge in [-0.25, -0.2) is 8.42 Å². The Hall–Kier alpha value is -3.89. The fourth-order valence-corrected chi connectivity index (χ4v) is 6.04. The van der Waals surface area contributed by atoms with Crippen LogP contribution in [-0.4, -0.2) is 36.4 Å². The minimum absolute atomic E-state index is 0.234. The number of aromatic nitrogens is 2. The van der Waals surface area contributed by atoms with Crippen LogP contribution in [0.3, 0.4) is 0 Å². The van der Waals surface area contributed by atoms with Gasteiger partial charge >= 0.3 is 0 Å². The second-order valence-corrected chi connectivity index (χ2v) is 11.4. The van der Waals surface area contributed by atoms with Crippen molar-refractivity contribution in [3.05, 3.63) is 102 Å². The van der Waals surface area contributed by atoms with E-state index in [1.54, 1.807) is 18.3 Å². The molecule has 0 unspecified atom stereocenters. The quantitative estimate of drug-likeness (QED) is 0.313. The number of thiocarbonyl (C=S) groups is 1. The van der Waals surface area contributed by atoms with E-state index in [1.165, 1.54) is 7.11 Å². The van der Waals surface area contributed by atoms with Crippen molar-refractivity contribution in [3.63, 3.8) is 0 Å². The number of hydrogen-bond donors (Lipinski definition) is 2. The van der Waals surface area contributed by atoms with Gasteiger partial charge in [0.05, 0.1) is 36.8 Å². The van der Waals surface area contributed by atoms with E-state index in [0.29, 0.717) is 16.5 Å². The number of aryl methyl sites for hydroxylation is 1. The largest absolute Gasteiger partial charge is 0.495 e. The SMILES string of the molecule is COc1ccc(N2C(=S)N[C@H](c3ccccn3)[C@H]2c2cc(C)n(-c3ccccc3)c2C)cc1NS(C)(=O)=O. The average Bonchev–Trinajstić information content (AvgIpc) is 3.39. The summed E-state index contributed by atoms with van der Waals surface area (Å²) < 4.78 is 34.4. The number of rotatable bonds is 7. The van der Waals surface area contributed by atoms with Crippen LogP contribution in [0.25, 0.3) is 5.69 Å². The normalized spacial score (nSPS) is 17.4. The summed E-state index contributed by atoms with van der Waals surface area (Å²) in [5.41, 5.74) is 6.26. The van der Waals surface area contributed by atoms with Gasteiger partial charge in [-0.15, -0.1) is 0 Å². The maximum absolute atomic E-state index is 12.1. The lowest BCUT2D eigenvalue weighted by atomic mass is 9.96. The molecule has 10 heteroatoms. The highest BCUT2D eigenvalue weighted by molar-refractivity contribution is 7.92. The Kier molecular flexibility index (Phi) is 6.85. The number of methoxy groups -OCH3 is 1. The monoisotopic (exact) mass is 547 g/mol. The number of hydrogen-bond acceptors (Lipinski definition) is 5. The summed E-state index contributed by atoms with van der Waals surface area (Å²) in [5, 5.41) is 3.99. The fourth-order valence-electron chi connectivity index (χ4n) is 5.14. The molecule has 2 N–H and O–H groups in total. The van der Waals surface area contributed by atoms with Crippen molar-refractivity contribution in [3.8, 4) is 11.4 Å². The van der Waals surface area contributed by atoms with E-state index >= 15 is 0 Å². The van der Waals surface area contributed by atoms with Crippen LogP contribution in [0.4, 0.5) is 11.4 Å². The van der Waals surface area contributed by atoms with Crippen LogP contribution >= 0.6 is 12.2 Å². The molecule has 0 bridgehead atoms. The molecule has 2 aromatic heterocycles. The van der Waals surface area contributed by atoms with Crippen molar-refractivity contribution in [2.75, 3.05) is 23.0 Å². The Morgan fingerprint density at radius 3 is 2.39 bits per heavy atom. The number of ether oxygens (including phenoxy) is 1. The molecular weight excluding hydrogens is 518 g/mol. The third-order valence-corrected chi connectivity index (χ3v) is 7.56. The molecule has 2 aromatic carbocycles. The van der Waals surface area contributed by atoms with E-state index in [0.717, 1.165) is 40.3 Å². The number of para-hydroxylation sites is 1. The number of sulfonamides is 1. The Morgan fingerprint density at radius 2 is 1.74 bits per heavy atom. The highest BCUT2D eigenvalue weighted by atomic mass is 32.2. The summed E-state index contributed by atoms with van der Waals surface area (Å²) in [5.74, 6) is 0.414. The minimum Gasteiger partial charge on any atom is -0.495 e. The summed E-state index contributed by atoms with van der Waals surface area (Å²) in [6.45, 7) is 4.20. The molecule has 1 saturated heterocycles. The molecule has 38 heavy (non-hydrogen) atoms. The standard InChI is InChI=1S/C28H29N5O3S2/c1-18-16-22(19(2)32(18)20-10-6-5-7-11-20)27-26(23-12-8-9-15-29-23)30-28(37)33(27)21-13-14-25(36-3)24(17-21)31-38(4,34)35/h5-17,26-27,31H,1-4H3,(H,30,37)/t26-,27-/m1/s1. The van der Waals surface area contributed by atoms with Crippen molar-refractivity contribution < 1.29 is 13.2 Å². The Morgan fingerprint density at radius 1 is 1.00 bits per heavy atom. The van der Waals surface area contributed by atoms with Crippen LogP contribution in [0.2, 0.25) is 0 Å². The molecule has 0 saturated carbocycles. The summed E-state index contributed by atoms with van der Waals surface area (Å²) in [6.07, 6.45) is 2.88. The van der Waals surface area contributed by atoms with Crippen molar-refractivity contribution in [2.24, 2.45) is 0 Å². The number of pyridine rings is 1. The smallest absolute Gasteiger partial charge is 0.229 e. The van der Waals surface area contributed by atoms with Crippen molar-refractivity contribution in [2.45, 2.75) is 25.9 Å². The van der Waals surface area contributed by atoms with Gasteiger partial charge in [0.25, 0.3) is 0 Å². The molecule has 0 radical (unpaired) electrons. The van der Waals surface area contributed by atoms with E-state index in [1.807, 2.05) is 47.4 Å². The lowest BCUT2D eigenvalue weighted by Gasteiger charge is -2.29. The molecule has 1 fully saturated rings. The molecule has 1 aliphatic heterocycles. The number of anilines is 2. The summed E-state index contributed by atoms with van der Waals surface area (Å²) >= 11 is 5.88. The molecule has 0 aliphatic carbocycles. The van der Waals surface area contributed by atoms with E-state index in [4.69, 9.17) is 17.0 Å². The van der Waals surface area contributed by atoms with Gasteiger partial charge in [0, 0.05) is 29.0 Å². The lowest BCUT2D eigenvalue weighted by Crippen LogP contribution is -2.29. The fraction of sp³-hybridized carbons (Fsp3) is 0.214. The van der Waals surface area contributed by atoms with Crippen LogP contribution < -0.4 is 19.7 Å². The number of nitrogens with one attached hydrogen (secondary N) is 2. The van der Waals surface area contributed by atoms with Crippen molar-refractivity contribution >= 4 is 38.7 Å². The second-order valence-electron chi connectivity index (χ2n) is 9.25. The van der Waals surface area contributed by atoms with Crippen LogP contribution in [-0.2, 0) is 10.0 Å². The summed E-state index contributed by atoms with van der Waals surface area (Å²) in [7, 11) is -2.03. The highest BCUT2D eigenvalue weighted by Gasteiger charge is 2.42. The van der Waals surface area contributed by atoms with Gasteiger partial charge in [-0.2, -0.15) is 0 Å². The van der Waals surface area contributed by atoms with Crippen LogP contribution in [0.1, 0.15) is 34.7 Å². The Bertz CT molecular complexity index is 1590. The Labute approximate surface area is 228 Å². The van der Waals surface area contributed by atoms with E-state index < -0.39 is 10.0 Å². The first-order valence-electron chi connectivity index (χ1n) is 12.1. The van der Waals surface area contributed by atoms with E-state index in [2.05, 4.69) is 51.6 Å². The molecule has 5 rings (SSSR count). The molecule has 196 valence electrons. The van der Waals surface area contributed by atoms with Gasteiger partial charge in [-0.1, -0.05) is 24.3 Å². The molecule has 0 amide bonds. The number of nitrogens with zero attached hydrogens (tertiary/aromatic N) is 3. The maximum Gasteiger partial charge on any atom is 0.229 e. The first-order chi connectivity index (χ1) is 18.2. The molecule has 4 aromatic rings. The zero-order chi connectivity index (χ0) is 27.0. The van der Waals surface area contributed by atoms with Crippen molar-refractivity contribution in [1.82, 2.24) is 14.9 Å². The molecule has 1 aliphatic rings. The number of benzene rings is 2. The predicted octanol–water partition coefficient (Wildman–Crippen LogP) is 5.05.